The van der Waals surface area contributed by atoms with Crippen molar-refractivity contribution >= 4 is 33.8 Å². The summed E-state index contributed by atoms with van der Waals surface area (Å²) in [6, 6.07) is 6.11. The summed E-state index contributed by atoms with van der Waals surface area (Å²) in [5.41, 5.74) is 0.666. The van der Waals surface area contributed by atoms with Crippen LogP contribution in [0.3, 0.4) is 0 Å². The van der Waals surface area contributed by atoms with E-state index < -0.39 is 68.7 Å². The van der Waals surface area contributed by atoms with Gasteiger partial charge in [0.15, 0.2) is 0 Å². The zero-order valence-corrected chi connectivity index (χ0v) is 26.8. The summed E-state index contributed by atoms with van der Waals surface area (Å²) in [6.45, 7) is 7.94. The largest absolute Gasteiger partial charge is 0.450 e. The Morgan fingerprint density at radius 2 is 1.91 bits per heavy atom. The summed E-state index contributed by atoms with van der Waals surface area (Å²) in [6.07, 6.45) is 5.01. The lowest BCUT2D eigenvalue weighted by atomic mass is 10.0. The molecule has 13 heteroatoms. The molecule has 1 saturated heterocycles. The minimum absolute atomic E-state index is 0.0939. The molecule has 1 aromatic rings. The number of amides is 4. The van der Waals surface area contributed by atoms with E-state index in [1.54, 1.807) is 13.8 Å². The number of benzene rings is 1. The van der Waals surface area contributed by atoms with Gasteiger partial charge in [-0.3, -0.25) is 19.1 Å². The molecule has 4 bridgehead atoms. The number of aryl methyl sites for hydroxylation is 1. The number of hydrogen-bond acceptors (Lipinski definition) is 8. The van der Waals surface area contributed by atoms with Gasteiger partial charge in [0, 0.05) is 18.9 Å². The molecule has 0 aromatic heterocycles. The fourth-order valence-corrected chi connectivity index (χ4v) is 7.52. The summed E-state index contributed by atoms with van der Waals surface area (Å²) in [4.78, 5) is 55.3. The molecule has 5 atom stereocenters. The van der Waals surface area contributed by atoms with Gasteiger partial charge < -0.3 is 25.0 Å². The fourth-order valence-electron chi connectivity index (χ4n) is 6.15. The standard InChI is InChI=1S/C32H44N4O8S/c1-4-23-17-32(23,30(39)35-45(41,42)25-12-13-25)34-28(37)26-16-24-18-36(26)29(38)27(20(2)3)33-31(40)43-14-7-5-6-9-21-10-8-11-22(15-21)19-44-24/h4,8,10-11,15,20,23-27H,1,5-7,9,12-14,16-19H2,2-3H3,(H,33,40)(H,34,37)(H,35,39)/t23-,24?,26?,27?,32-/m1/s1. The van der Waals surface area contributed by atoms with Crippen LogP contribution in [0.1, 0.15) is 69.9 Å². The number of cyclic esters (lactones) is 1. The normalized spacial score (nSPS) is 29.5. The van der Waals surface area contributed by atoms with Crippen LogP contribution in [0.15, 0.2) is 36.9 Å². The Labute approximate surface area is 264 Å². The van der Waals surface area contributed by atoms with Gasteiger partial charge in [-0.15, -0.1) is 6.58 Å². The fraction of sp³-hybridized carbons (Fsp3) is 0.625. The van der Waals surface area contributed by atoms with E-state index in [2.05, 4.69) is 34.1 Å². The Morgan fingerprint density at radius 1 is 1.16 bits per heavy atom. The van der Waals surface area contributed by atoms with Crippen LogP contribution < -0.4 is 15.4 Å². The molecule has 5 rings (SSSR count). The lowest BCUT2D eigenvalue weighted by molar-refractivity contribution is -0.141. The van der Waals surface area contributed by atoms with Gasteiger partial charge in [0.2, 0.25) is 21.8 Å². The number of nitrogens with zero attached hydrogens (tertiary/aromatic N) is 1. The highest BCUT2D eigenvalue weighted by Gasteiger charge is 2.62. The number of carbonyl (C=O) groups is 4. The highest BCUT2D eigenvalue weighted by Crippen LogP contribution is 2.45. The van der Waals surface area contributed by atoms with E-state index in [1.807, 2.05) is 12.1 Å². The SMILES string of the molecule is C=C[C@@H]1C[C@]1(NC(=O)C1CC2CN1C(=O)C(C(C)C)NC(=O)OCCCCCc1cccc(c1)CO2)C(=O)NS(=O)(=O)C1CC1. The predicted octanol–water partition coefficient (Wildman–Crippen LogP) is 2.32. The number of ether oxygens (including phenoxy) is 2. The van der Waals surface area contributed by atoms with Crippen molar-refractivity contribution in [3.63, 3.8) is 0 Å². The zero-order valence-electron chi connectivity index (χ0n) is 26.0. The molecule has 4 amide bonds. The molecule has 3 unspecified atom stereocenters. The molecule has 2 saturated carbocycles. The summed E-state index contributed by atoms with van der Waals surface area (Å²) in [5.74, 6) is -2.67. The summed E-state index contributed by atoms with van der Waals surface area (Å²) >= 11 is 0. The van der Waals surface area contributed by atoms with Crippen molar-refractivity contribution in [1.29, 1.82) is 0 Å². The molecule has 3 fully saturated rings. The van der Waals surface area contributed by atoms with Crippen molar-refractivity contribution in [2.24, 2.45) is 11.8 Å². The summed E-state index contributed by atoms with van der Waals surface area (Å²) < 4.78 is 38.8. The highest BCUT2D eigenvalue weighted by molar-refractivity contribution is 7.91. The number of sulfonamides is 1. The Morgan fingerprint density at radius 3 is 2.60 bits per heavy atom. The van der Waals surface area contributed by atoms with Crippen LogP contribution in [0.5, 0.6) is 0 Å². The second kappa shape index (κ2) is 13.5. The lowest BCUT2D eigenvalue weighted by Crippen LogP contribution is -2.59. The summed E-state index contributed by atoms with van der Waals surface area (Å²) in [7, 11) is -3.84. The van der Waals surface area contributed by atoms with Crippen LogP contribution in [0.25, 0.3) is 0 Å². The van der Waals surface area contributed by atoms with Crippen LogP contribution >= 0.6 is 0 Å². The monoisotopic (exact) mass is 644 g/mol. The third-order valence-corrected chi connectivity index (χ3v) is 10.9. The van der Waals surface area contributed by atoms with Gasteiger partial charge in [0.25, 0.3) is 5.91 Å². The minimum atomic E-state index is -3.84. The van der Waals surface area contributed by atoms with Gasteiger partial charge in [0.05, 0.1) is 24.6 Å². The Kier molecular flexibility index (Phi) is 9.88. The number of fused-ring (bicyclic) bond motifs is 4. The topological polar surface area (TPSA) is 160 Å². The van der Waals surface area contributed by atoms with Crippen molar-refractivity contribution in [3.8, 4) is 0 Å². The Hall–Kier alpha value is -3.45. The zero-order chi connectivity index (χ0) is 32.4. The number of rotatable bonds is 7. The average Bonchev–Trinajstić information content (AvgIpc) is 3.92. The minimum Gasteiger partial charge on any atom is -0.450 e. The maximum Gasteiger partial charge on any atom is 0.407 e. The van der Waals surface area contributed by atoms with Gasteiger partial charge in [-0.25, -0.2) is 13.2 Å². The Balaban J connectivity index is 1.38. The molecule has 3 N–H and O–H groups in total. The molecular weight excluding hydrogens is 600 g/mol. The van der Waals surface area contributed by atoms with E-state index in [0.717, 1.165) is 24.8 Å². The van der Waals surface area contributed by atoms with E-state index in [4.69, 9.17) is 9.47 Å². The van der Waals surface area contributed by atoms with Gasteiger partial charge in [-0.1, -0.05) is 44.2 Å². The van der Waals surface area contributed by atoms with Crippen molar-refractivity contribution in [1.82, 2.24) is 20.3 Å². The molecule has 45 heavy (non-hydrogen) atoms. The number of hydrogen-bond donors (Lipinski definition) is 3. The van der Waals surface area contributed by atoms with E-state index in [0.29, 0.717) is 19.3 Å². The molecule has 0 radical (unpaired) electrons. The molecule has 246 valence electrons. The van der Waals surface area contributed by atoms with Crippen LogP contribution in [-0.4, -0.2) is 79.3 Å². The van der Waals surface area contributed by atoms with Crippen molar-refractivity contribution in [3.05, 3.63) is 48.0 Å². The second-order valence-electron chi connectivity index (χ2n) is 13.0. The quantitative estimate of drug-likeness (QED) is 0.382. The first-order valence-electron chi connectivity index (χ1n) is 15.9. The molecule has 2 heterocycles. The van der Waals surface area contributed by atoms with Crippen LogP contribution in [-0.2, 0) is 46.9 Å². The van der Waals surface area contributed by atoms with Crippen molar-refractivity contribution < 1.29 is 37.1 Å². The van der Waals surface area contributed by atoms with Gasteiger partial charge in [-0.2, -0.15) is 0 Å². The predicted molar refractivity (Wildman–Crippen MR) is 165 cm³/mol. The van der Waals surface area contributed by atoms with Crippen LogP contribution in [0.2, 0.25) is 0 Å². The van der Waals surface area contributed by atoms with E-state index >= 15 is 0 Å². The maximum atomic E-state index is 14.0. The van der Waals surface area contributed by atoms with Crippen molar-refractivity contribution in [2.75, 3.05) is 13.2 Å². The lowest BCUT2D eigenvalue weighted by Gasteiger charge is -2.31. The maximum absolute atomic E-state index is 14.0. The molecule has 0 spiro atoms. The molecule has 2 aliphatic heterocycles. The molecular formula is C32H44N4O8S. The molecule has 4 aliphatic rings. The first-order valence-corrected chi connectivity index (χ1v) is 17.4. The number of alkyl carbamates (subject to hydrolysis) is 1. The van der Waals surface area contributed by atoms with Crippen LogP contribution in [0, 0.1) is 11.8 Å². The van der Waals surface area contributed by atoms with Gasteiger partial charge in [-0.05, 0) is 62.0 Å². The van der Waals surface area contributed by atoms with E-state index in [1.165, 1.54) is 16.5 Å². The van der Waals surface area contributed by atoms with Gasteiger partial charge in [0.1, 0.15) is 17.6 Å². The average molecular weight is 645 g/mol. The molecule has 1 aromatic carbocycles. The first kappa shape index (κ1) is 32.9. The number of carbonyl (C=O) groups excluding carboxylic acids is 4. The third-order valence-electron chi connectivity index (χ3n) is 9.12. The summed E-state index contributed by atoms with van der Waals surface area (Å²) in [5, 5.41) is 4.86. The van der Waals surface area contributed by atoms with Gasteiger partial charge >= 0.3 is 6.09 Å². The molecule has 12 nitrogen and oxygen atoms in total. The highest BCUT2D eigenvalue weighted by atomic mass is 32.2. The van der Waals surface area contributed by atoms with E-state index in [9.17, 15) is 27.6 Å². The third kappa shape index (κ3) is 7.69. The Bertz CT molecular complexity index is 1430. The van der Waals surface area contributed by atoms with Crippen LogP contribution in [0.4, 0.5) is 4.79 Å². The van der Waals surface area contributed by atoms with Crippen molar-refractivity contribution in [2.45, 2.75) is 101 Å². The first-order chi connectivity index (χ1) is 21.4. The number of nitrogens with one attached hydrogen (secondary N) is 3. The smallest absolute Gasteiger partial charge is 0.407 e. The second-order valence-corrected chi connectivity index (χ2v) is 15.0. The molecule has 2 aliphatic carbocycles. The van der Waals surface area contributed by atoms with E-state index in [-0.39, 0.29) is 38.5 Å².